The van der Waals surface area contributed by atoms with Crippen LogP contribution >= 0.6 is 0 Å². The fourth-order valence-corrected chi connectivity index (χ4v) is 4.89. The third kappa shape index (κ3) is 5.12. The lowest BCUT2D eigenvalue weighted by Gasteiger charge is -2.32. The molecule has 0 radical (unpaired) electrons. The summed E-state index contributed by atoms with van der Waals surface area (Å²) in [6.07, 6.45) is 2.03. The fraction of sp³-hybridized carbons (Fsp3) is 0.370. The number of oxazole rings is 1. The Morgan fingerprint density at radius 1 is 1.22 bits per heavy atom. The van der Waals surface area contributed by atoms with Crippen LogP contribution in [-0.2, 0) is 16.6 Å². The summed E-state index contributed by atoms with van der Waals surface area (Å²) >= 11 is 0. The normalized spacial score (nSPS) is 16.4. The van der Waals surface area contributed by atoms with Gasteiger partial charge in [0.25, 0.3) is 0 Å². The van der Waals surface area contributed by atoms with Gasteiger partial charge in [0.05, 0.1) is 18.7 Å². The first-order chi connectivity index (χ1) is 17.5. The molecule has 1 aliphatic rings. The minimum absolute atomic E-state index is 0.0957. The van der Waals surface area contributed by atoms with Crippen molar-refractivity contribution in [3.8, 4) is 0 Å². The summed E-state index contributed by atoms with van der Waals surface area (Å²) in [5, 5.41) is 8.60. The number of piperidine rings is 1. The van der Waals surface area contributed by atoms with E-state index in [1.807, 2.05) is 12.1 Å². The molecule has 2 aromatic carbocycles. The molecule has 0 aliphatic carbocycles. The quantitative estimate of drug-likeness (QED) is 0.365. The SMILES string of the molecule is COCCNc1nc([C@@H]2CCCN(CC(=O)Nc3ccc4c(c3)oc(=O)n4C)C2)cc2ccccc12. The van der Waals surface area contributed by atoms with Crippen molar-refractivity contribution in [2.45, 2.75) is 18.8 Å². The number of amides is 1. The molecule has 0 saturated carbocycles. The second-order valence-electron chi connectivity index (χ2n) is 9.27. The number of carbonyl (C=O) groups excluding carboxylic acids is 1. The maximum atomic E-state index is 12.8. The standard InChI is InChI=1S/C27H31N5O4/c1-31-23-10-9-20(15-24(23)36-27(31)34)29-25(33)17-32-12-5-7-19(16-32)22-14-18-6-3-4-8-21(18)26(30-22)28-11-13-35-2/h3-4,6,8-10,14-15,19H,5,7,11-13,16-17H2,1-2H3,(H,28,30)(H,29,33)/t19-/m1/s1. The van der Waals surface area contributed by atoms with Crippen LogP contribution in [0.1, 0.15) is 24.5 Å². The van der Waals surface area contributed by atoms with E-state index in [0.29, 0.717) is 36.5 Å². The van der Waals surface area contributed by atoms with E-state index < -0.39 is 5.76 Å². The van der Waals surface area contributed by atoms with Gasteiger partial charge in [0.2, 0.25) is 5.91 Å². The van der Waals surface area contributed by atoms with Gasteiger partial charge in [-0.1, -0.05) is 24.3 Å². The largest absolute Gasteiger partial charge is 0.419 e. The number of rotatable bonds is 8. The van der Waals surface area contributed by atoms with Crippen molar-refractivity contribution in [1.82, 2.24) is 14.5 Å². The molecule has 4 aromatic rings. The van der Waals surface area contributed by atoms with Crippen LogP contribution in [0.25, 0.3) is 21.9 Å². The van der Waals surface area contributed by atoms with Gasteiger partial charge in [-0.25, -0.2) is 9.78 Å². The molecule has 2 aromatic heterocycles. The molecular formula is C27H31N5O4. The lowest BCUT2D eigenvalue weighted by Crippen LogP contribution is -2.40. The molecule has 188 valence electrons. The number of pyridine rings is 1. The van der Waals surface area contributed by atoms with Crippen LogP contribution in [0.2, 0.25) is 0 Å². The van der Waals surface area contributed by atoms with Crippen molar-refractivity contribution < 1.29 is 13.9 Å². The van der Waals surface area contributed by atoms with Crippen LogP contribution in [0.3, 0.4) is 0 Å². The number of hydrogen-bond donors (Lipinski definition) is 2. The number of hydrogen-bond acceptors (Lipinski definition) is 7. The first kappa shape index (κ1) is 24.0. The van der Waals surface area contributed by atoms with Crippen molar-refractivity contribution in [3.05, 3.63) is 64.8 Å². The Bertz CT molecular complexity index is 1440. The van der Waals surface area contributed by atoms with Crippen molar-refractivity contribution in [2.24, 2.45) is 7.05 Å². The third-order valence-corrected chi connectivity index (χ3v) is 6.73. The van der Waals surface area contributed by atoms with E-state index in [4.69, 9.17) is 14.1 Å². The van der Waals surface area contributed by atoms with Gasteiger partial charge in [-0.3, -0.25) is 14.3 Å². The lowest BCUT2D eigenvalue weighted by molar-refractivity contribution is -0.117. The maximum absolute atomic E-state index is 12.8. The van der Waals surface area contributed by atoms with Gasteiger partial charge in [-0.2, -0.15) is 0 Å². The molecule has 0 spiro atoms. The summed E-state index contributed by atoms with van der Waals surface area (Å²) in [5.74, 6) is 0.598. The highest BCUT2D eigenvalue weighted by Crippen LogP contribution is 2.31. The van der Waals surface area contributed by atoms with Crippen LogP contribution in [0.5, 0.6) is 0 Å². The van der Waals surface area contributed by atoms with Gasteiger partial charge in [0.1, 0.15) is 5.82 Å². The number of nitrogens with zero attached hydrogens (tertiary/aromatic N) is 3. The number of methoxy groups -OCH3 is 1. The molecule has 36 heavy (non-hydrogen) atoms. The van der Waals surface area contributed by atoms with Crippen LogP contribution in [0.15, 0.2) is 57.7 Å². The summed E-state index contributed by atoms with van der Waals surface area (Å²) in [4.78, 5) is 31.7. The zero-order valence-corrected chi connectivity index (χ0v) is 20.6. The zero-order valence-electron chi connectivity index (χ0n) is 20.6. The Hall–Kier alpha value is -3.69. The van der Waals surface area contributed by atoms with E-state index in [1.165, 1.54) is 4.57 Å². The van der Waals surface area contributed by atoms with Gasteiger partial charge in [-0.05, 0) is 43.0 Å². The van der Waals surface area contributed by atoms with Crippen molar-refractivity contribution >= 4 is 39.3 Å². The number of ether oxygens (including phenoxy) is 1. The molecule has 1 aliphatic heterocycles. The minimum atomic E-state index is -0.424. The minimum Gasteiger partial charge on any atom is -0.408 e. The topological polar surface area (TPSA) is 102 Å². The molecule has 9 nitrogen and oxygen atoms in total. The Kier molecular flexibility index (Phi) is 7.02. The number of aromatic nitrogens is 2. The summed E-state index contributed by atoms with van der Waals surface area (Å²) in [7, 11) is 3.34. The number of fused-ring (bicyclic) bond motifs is 2. The fourth-order valence-electron chi connectivity index (χ4n) is 4.89. The Balaban J connectivity index is 1.27. The Morgan fingerprint density at radius 2 is 2.08 bits per heavy atom. The molecular weight excluding hydrogens is 458 g/mol. The molecule has 1 atom stereocenters. The third-order valence-electron chi connectivity index (χ3n) is 6.73. The molecule has 3 heterocycles. The Morgan fingerprint density at radius 3 is 2.94 bits per heavy atom. The molecule has 9 heteroatoms. The van der Waals surface area contributed by atoms with Crippen LogP contribution < -0.4 is 16.4 Å². The predicted octanol–water partition coefficient (Wildman–Crippen LogP) is 3.56. The van der Waals surface area contributed by atoms with Gasteiger partial charge in [0.15, 0.2) is 5.58 Å². The average Bonchev–Trinajstić information content (AvgIpc) is 3.16. The summed E-state index contributed by atoms with van der Waals surface area (Å²) in [6, 6.07) is 15.7. The van der Waals surface area contributed by atoms with Crippen LogP contribution in [0, 0.1) is 0 Å². The average molecular weight is 490 g/mol. The molecule has 1 amide bonds. The second-order valence-corrected chi connectivity index (χ2v) is 9.27. The van der Waals surface area contributed by atoms with Gasteiger partial charge in [0, 0.05) is 56.0 Å². The van der Waals surface area contributed by atoms with E-state index in [-0.39, 0.29) is 11.8 Å². The lowest BCUT2D eigenvalue weighted by atomic mass is 9.93. The predicted molar refractivity (Wildman–Crippen MR) is 141 cm³/mol. The number of nitrogens with one attached hydrogen (secondary N) is 2. The monoisotopic (exact) mass is 489 g/mol. The highest BCUT2D eigenvalue weighted by atomic mass is 16.5. The highest BCUT2D eigenvalue weighted by molar-refractivity contribution is 5.94. The van der Waals surface area contributed by atoms with E-state index in [1.54, 1.807) is 32.4 Å². The molecule has 2 N–H and O–H groups in total. The molecule has 0 bridgehead atoms. The van der Waals surface area contributed by atoms with E-state index >= 15 is 0 Å². The number of carbonyl (C=O) groups is 1. The first-order valence-electron chi connectivity index (χ1n) is 12.3. The molecule has 1 saturated heterocycles. The van der Waals surface area contributed by atoms with E-state index in [0.717, 1.165) is 48.2 Å². The summed E-state index contributed by atoms with van der Waals surface area (Å²) in [6.45, 7) is 3.22. The second kappa shape index (κ2) is 10.5. The molecule has 0 unspecified atom stereocenters. The summed E-state index contributed by atoms with van der Waals surface area (Å²) in [5.41, 5.74) is 2.80. The van der Waals surface area contributed by atoms with Crippen molar-refractivity contribution in [2.75, 3.05) is 50.5 Å². The number of likely N-dealkylation sites (tertiary alicyclic amines) is 1. The van der Waals surface area contributed by atoms with E-state index in [2.05, 4.69) is 33.7 Å². The highest BCUT2D eigenvalue weighted by Gasteiger charge is 2.25. The van der Waals surface area contributed by atoms with E-state index in [9.17, 15) is 9.59 Å². The van der Waals surface area contributed by atoms with Crippen molar-refractivity contribution in [3.63, 3.8) is 0 Å². The van der Waals surface area contributed by atoms with Gasteiger partial charge in [-0.15, -0.1) is 0 Å². The van der Waals surface area contributed by atoms with Crippen LogP contribution in [-0.4, -0.2) is 60.3 Å². The van der Waals surface area contributed by atoms with Crippen molar-refractivity contribution in [1.29, 1.82) is 0 Å². The first-order valence-corrected chi connectivity index (χ1v) is 12.3. The number of anilines is 2. The Labute approximate surface area is 209 Å². The smallest absolute Gasteiger partial charge is 0.408 e. The number of aryl methyl sites for hydroxylation is 1. The van der Waals surface area contributed by atoms with Crippen LogP contribution in [0.4, 0.5) is 11.5 Å². The summed E-state index contributed by atoms with van der Waals surface area (Å²) < 4.78 is 11.9. The zero-order chi connectivity index (χ0) is 25.1. The van der Waals surface area contributed by atoms with Gasteiger partial charge < -0.3 is 19.8 Å². The maximum Gasteiger partial charge on any atom is 0.419 e. The molecule has 1 fully saturated rings. The number of benzene rings is 2. The van der Waals surface area contributed by atoms with Gasteiger partial charge >= 0.3 is 5.76 Å². The molecule has 5 rings (SSSR count).